The maximum atomic E-state index is 12.8. The van der Waals surface area contributed by atoms with Crippen LogP contribution in [0.25, 0.3) is 18.2 Å². The molecule has 3 aromatic carbocycles. The van der Waals surface area contributed by atoms with E-state index in [1.165, 1.54) is 18.2 Å². The van der Waals surface area contributed by atoms with Crippen LogP contribution < -0.4 is 0 Å². The van der Waals surface area contributed by atoms with Crippen molar-refractivity contribution in [2.45, 2.75) is 24.4 Å². The number of rotatable bonds is 14. The summed E-state index contributed by atoms with van der Waals surface area (Å²) in [5.41, 5.74) is 0.386. The summed E-state index contributed by atoms with van der Waals surface area (Å²) in [6, 6.07) is 10.1. The molecule has 4 atom stereocenters. The number of aliphatic hydroxyl groups excluding tert-OH is 1. The maximum absolute atomic E-state index is 12.8. The van der Waals surface area contributed by atoms with Gasteiger partial charge in [0.1, 0.15) is 6.10 Å². The van der Waals surface area contributed by atoms with E-state index in [0.29, 0.717) is 18.2 Å². The van der Waals surface area contributed by atoms with E-state index < -0.39 is 88.8 Å². The van der Waals surface area contributed by atoms with Gasteiger partial charge in [-0.3, -0.25) is 0 Å². The normalized spacial score (nSPS) is 13.8. The average Bonchev–Trinajstić information content (AvgIpc) is 3.06. The molecule has 50 heavy (non-hydrogen) atoms. The van der Waals surface area contributed by atoms with Crippen molar-refractivity contribution in [3.05, 3.63) is 89.5 Å². The fourth-order valence-electron chi connectivity index (χ4n) is 3.93. The molecular formula is C33H28O17. The zero-order valence-corrected chi connectivity index (χ0v) is 25.3. The number of carboxylic acids is 2. The molecule has 9 N–H and O–H groups in total. The standard InChI is InChI=1S/C33H28O17/c34-19-7-1-16(13-22(19)37)4-10-25(40)48-29(31(33(46)47)50-27(42)12-6-18-3-9-21(36)24(39)15-18)28(43)30(32(44)45)49-26(41)11-5-17-2-8-20(35)23(38)14-17/h1-15,28-31,34-39,43H,(H,44,45)(H,46,47)/b10-4+,11-5+,12-6+/t28-,29-,30+,31-/m0/s1. The molecule has 0 aliphatic heterocycles. The van der Waals surface area contributed by atoms with Gasteiger partial charge >= 0.3 is 29.8 Å². The molecule has 0 amide bonds. The number of esters is 3. The van der Waals surface area contributed by atoms with Crippen LogP contribution in [-0.4, -0.2) is 100 Å². The van der Waals surface area contributed by atoms with Crippen molar-refractivity contribution in [2.24, 2.45) is 0 Å². The van der Waals surface area contributed by atoms with Gasteiger partial charge in [-0.1, -0.05) is 18.2 Å². The monoisotopic (exact) mass is 696 g/mol. The highest BCUT2D eigenvalue weighted by atomic mass is 16.6. The molecule has 0 bridgehead atoms. The number of aliphatic hydroxyl groups is 1. The number of benzene rings is 3. The number of carboxylic acid groups (broad SMARTS) is 2. The molecule has 0 radical (unpaired) electrons. The van der Waals surface area contributed by atoms with E-state index in [4.69, 9.17) is 14.2 Å². The zero-order chi connectivity index (χ0) is 37.1. The molecule has 0 unspecified atom stereocenters. The van der Waals surface area contributed by atoms with Crippen LogP contribution in [0.15, 0.2) is 72.8 Å². The first kappa shape index (κ1) is 37.4. The fraction of sp³-hybridized carbons (Fsp3) is 0.121. The molecule has 0 spiro atoms. The number of phenols is 6. The average molecular weight is 697 g/mol. The molecule has 262 valence electrons. The number of carbonyl (C=O) groups is 5. The number of phenolic OH excluding ortho intramolecular Hbond substituents is 6. The second-order valence-electron chi connectivity index (χ2n) is 10.0. The molecular weight excluding hydrogens is 668 g/mol. The van der Waals surface area contributed by atoms with E-state index >= 15 is 0 Å². The Hall–Kier alpha value is -7.01. The molecule has 0 aromatic heterocycles. The van der Waals surface area contributed by atoms with E-state index in [0.717, 1.165) is 54.6 Å². The number of carbonyl (C=O) groups excluding carboxylic acids is 3. The third kappa shape index (κ3) is 10.5. The SMILES string of the molecule is O=C(/C=C/c1ccc(O)c(O)c1)O[C@@H]([C@H](O)[C@@H](OC(=O)/C=C/c1ccc(O)c(O)c1)C(=O)O)[C@H](OC(=O)/C=C/c1ccc(O)c(O)c1)C(=O)O. The van der Waals surface area contributed by atoms with Gasteiger partial charge in [0.2, 0.25) is 12.2 Å². The predicted molar refractivity (Wildman–Crippen MR) is 167 cm³/mol. The van der Waals surface area contributed by atoms with Gasteiger partial charge in [-0.25, -0.2) is 24.0 Å². The van der Waals surface area contributed by atoms with Crippen molar-refractivity contribution in [3.8, 4) is 34.5 Å². The van der Waals surface area contributed by atoms with E-state index in [1.54, 1.807) is 0 Å². The fourth-order valence-corrected chi connectivity index (χ4v) is 3.93. The summed E-state index contributed by atoms with van der Waals surface area (Å²) in [7, 11) is 0. The van der Waals surface area contributed by atoms with Gasteiger partial charge in [0, 0.05) is 18.2 Å². The van der Waals surface area contributed by atoms with Crippen LogP contribution in [0, 0.1) is 0 Å². The van der Waals surface area contributed by atoms with E-state index in [9.17, 15) is 69.9 Å². The third-order valence-corrected chi connectivity index (χ3v) is 6.40. The van der Waals surface area contributed by atoms with E-state index in [2.05, 4.69) is 0 Å². The number of aromatic hydroxyl groups is 6. The Labute approximate surface area is 280 Å². The van der Waals surface area contributed by atoms with Crippen LogP contribution in [0.1, 0.15) is 16.7 Å². The topological polar surface area (TPSA) is 295 Å². The Morgan fingerprint density at radius 1 is 0.480 bits per heavy atom. The Morgan fingerprint density at radius 3 is 1.12 bits per heavy atom. The third-order valence-electron chi connectivity index (χ3n) is 6.40. The molecule has 17 nitrogen and oxygen atoms in total. The van der Waals surface area contributed by atoms with Gasteiger partial charge < -0.3 is 60.2 Å². The minimum absolute atomic E-state index is 0.118. The summed E-state index contributed by atoms with van der Waals surface area (Å²) in [6.07, 6.45) is -5.53. The lowest BCUT2D eigenvalue weighted by molar-refractivity contribution is -0.196. The molecule has 0 aliphatic carbocycles. The summed E-state index contributed by atoms with van der Waals surface area (Å²) >= 11 is 0. The second-order valence-corrected chi connectivity index (χ2v) is 10.0. The smallest absolute Gasteiger partial charge is 0.349 e. The summed E-state index contributed by atoms with van der Waals surface area (Å²) in [6.45, 7) is 0. The number of hydrogen-bond acceptors (Lipinski definition) is 15. The van der Waals surface area contributed by atoms with Crippen LogP contribution in [0.3, 0.4) is 0 Å². The second kappa shape index (κ2) is 16.7. The van der Waals surface area contributed by atoms with Gasteiger partial charge in [0.05, 0.1) is 0 Å². The van der Waals surface area contributed by atoms with Crippen LogP contribution in [0.5, 0.6) is 34.5 Å². The summed E-state index contributed by atoms with van der Waals surface area (Å²) in [5, 5.41) is 87.8. The van der Waals surface area contributed by atoms with Crippen molar-refractivity contribution < 1.29 is 84.1 Å². The molecule has 3 aromatic rings. The molecule has 0 fully saturated rings. The van der Waals surface area contributed by atoms with Crippen molar-refractivity contribution in [1.82, 2.24) is 0 Å². The van der Waals surface area contributed by atoms with Crippen molar-refractivity contribution in [3.63, 3.8) is 0 Å². The van der Waals surface area contributed by atoms with Crippen molar-refractivity contribution in [2.75, 3.05) is 0 Å². The molecule has 17 heteroatoms. The first-order valence-electron chi connectivity index (χ1n) is 13.9. The van der Waals surface area contributed by atoms with Crippen LogP contribution >= 0.6 is 0 Å². The highest BCUT2D eigenvalue weighted by Crippen LogP contribution is 2.27. The Morgan fingerprint density at radius 2 is 0.800 bits per heavy atom. The van der Waals surface area contributed by atoms with Crippen LogP contribution in [0.2, 0.25) is 0 Å². The first-order valence-corrected chi connectivity index (χ1v) is 13.9. The maximum Gasteiger partial charge on any atom is 0.349 e. The van der Waals surface area contributed by atoms with Crippen LogP contribution in [0.4, 0.5) is 0 Å². The highest BCUT2D eigenvalue weighted by molar-refractivity contribution is 5.91. The summed E-state index contributed by atoms with van der Waals surface area (Å²) < 4.78 is 14.7. The molecule has 0 heterocycles. The van der Waals surface area contributed by atoms with Gasteiger partial charge in [-0.2, -0.15) is 0 Å². The number of aliphatic carboxylic acids is 2. The Balaban J connectivity index is 1.91. The largest absolute Gasteiger partial charge is 0.504 e. The Bertz CT molecular complexity index is 1860. The van der Waals surface area contributed by atoms with E-state index in [-0.39, 0.29) is 16.7 Å². The van der Waals surface area contributed by atoms with Crippen LogP contribution in [-0.2, 0) is 38.2 Å². The van der Waals surface area contributed by atoms with Gasteiger partial charge in [-0.05, 0) is 71.3 Å². The summed E-state index contributed by atoms with van der Waals surface area (Å²) in [5.74, 6) is -11.5. The zero-order valence-electron chi connectivity index (χ0n) is 25.3. The number of ether oxygens (including phenoxy) is 3. The number of hydrogen-bond donors (Lipinski definition) is 9. The molecule has 0 saturated heterocycles. The van der Waals surface area contributed by atoms with Crippen molar-refractivity contribution >= 4 is 48.1 Å². The molecule has 0 saturated carbocycles. The highest BCUT2D eigenvalue weighted by Gasteiger charge is 2.46. The Kier molecular flexibility index (Phi) is 12.5. The first-order chi connectivity index (χ1) is 23.5. The quantitative estimate of drug-likeness (QED) is 0.0501. The van der Waals surface area contributed by atoms with Gasteiger partial charge in [0.25, 0.3) is 0 Å². The predicted octanol–water partition coefficient (Wildman–Crippen LogP) is 1.63. The van der Waals surface area contributed by atoms with E-state index in [1.807, 2.05) is 0 Å². The minimum atomic E-state index is -2.72. The lowest BCUT2D eigenvalue weighted by atomic mass is 10.0. The van der Waals surface area contributed by atoms with Gasteiger partial charge in [0.15, 0.2) is 40.6 Å². The summed E-state index contributed by atoms with van der Waals surface area (Å²) in [4.78, 5) is 62.2. The van der Waals surface area contributed by atoms with Crippen molar-refractivity contribution in [1.29, 1.82) is 0 Å². The molecule has 3 rings (SSSR count). The minimum Gasteiger partial charge on any atom is -0.504 e. The lowest BCUT2D eigenvalue weighted by Gasteiger charge is -2.30. The molecule has 0 aliphatic rings. The lowest BCUT2D eigenvalue weighted by Crippen LogP contribution is -2.54. The van der Waals surface area contributed by atoms with Gasteiger partial charge in [-0.15, -0.1) is 0 Å².